The lowest BCUT2D eigenvalue weighted by atomic mass is 10.0. The standard InChI is InChI=1S/C25H27N3O5S/c1-32-23-12-11-20(17-24(23)34(30,31)28-13-15-33-16-14-28)26-18-25(29)27-22-10-6-5-9-21(22)19-7-3-2-4-8-19/h2-12,17,26H,13-16,18H2,1H3,(H,27,29). The van der Waals surface area contributed by atoms with Gasteiger partial charge in [0.05, 0.1) is 26.9 Å². The van der Waals surface area contributed by atoms with Crippen LogP contribution >= 0.6 is 0 Å². The largest absolute Gasteiger partial charge is 0.495 e. The number of hydrogen-bond acceptors (Lipinski definition) is 6. The van der Waals surface area contributed by atoms with Crippen LogP contribution in [0.2, 0.25) is 0 Å². The number of morpholine rings is 1. The molecule has 1 heterocycles. The van der Waals surface area contributed by atoms with E-state index in [0.29, 0.717) is 24.6 Å². The Bertz CT molecular complexity index is 1240. The smallest absolute Gasteiger partial charge is 0.246 e. The van der Waals surface area contributed by atoms with E-state index in [9.17, 15) is 13.2 Å². The molecule has 4 rings (SSSR count). The highest BCUT2D eigenvalue weighted by Gasteiger charge is 2.29. The summed E-state index contributed by atoms with van der Waals surface area (Å²) in [6, 6.07) is 22.1. The average molecular weight is 482 g/mol. The highest BCUT2D eigenvalue weighted by atomic mass is 32.2. The summed E-state index contributed by atoms with van der Waals surface area (Å²) in [5, 5.41) is 5.95. The number of methoxy groups -OCH3 is 1. The lowest BCUT2D eigenvalue weighted by molar-refractivity contribution is -0.114. The van der Waals surface area contributed by atoms with E-state index in [1.54, 1.807) is 12.1 Å². The van der Waals surface area contributed by atoms with Crippen LogP contribution in [0.25, 0.3) is 11.1 Å². The van der Waals surface area contributed by atoms with Gasteiger partial charge in [-0.2, -0.15) is 4.31 Å². The fraction of sp³-hybridized carbons (Fsp3) is 0.240. The number of hydrogen-bond donors (Lipinski definition) is 2. The Morgan fingerprint density at radius 3 is 2.44 bits per heavy atom. The Labute approximate surface area is 199 Å². The monoisotopic (exact) mass is 481 g/mol. The van der Waals surface area contributed by atoms with Crippen molar-refractivity contribution >= 4 is 27.3 Å². The van der Waals surface area contributed by atoms with E-state index < -0.39 is 10.0 Å². The normalized spacial score (nSPS) is 14.4. The van der Waals surface area contributed by atoms with Gasteiger partial charge in [-0.15, -0.1) is 0 Å². The topological polar surface area (TPSA) is 97.0 Å². The van der Waals surface area contributed by atoms with E-state index in [4.69, 9.17) is 9.47 Å². The molecule has 1 amide bonds. The van der Waals surface area contributed by atoms with E-state index in [1.165, 1.54) is 17.5 Å². The van der Waals surface area contributed by atoms with Crippen LogP contribution < -0.4 is 15.4 Å². The van der Waals surface area contributed by atoms with Gasteiger partial charge in [-0.05, 0) is 29.8 Å². The Kier molecular flexibility index (Phi) is 7.46. The Morgan fingerprint density at radius 2 is 1.71 bits per heavy atom. The van der Waals surface area contributed by atoms with Crippen molar-refractivity contribution in [2.24, 2.45) is 0 Å². The third kappa shape index (κ3) is 5.39. The van der Waals surface area contributed by atoms with Gasteiger partial charge >= 0.3 is 0 Å². The van der Waals surface area contributed by atoms with E-state index >= 15 is 0 Å². The SMILES string of the molecule is COc1ccc(NCC(=O)Nc2ccccc2-c2ccccc2)cc1S(=O)(=O)N1CCOCC1. The van der Waals surface area contributed by atoms with Crippen molar-refractivity contribution in [1.82, 2.24) is 4.31 Å². The third-order valence-corrected chi connectivity index (χ3v) is 7.41. The molecule has 0 aliphatic carbocycles. The Hall–Kier alpha value is -3.40. The molecule has 34 heavy (non-hydrogen) atoms. The third-order valence-electron chi connectivity index (χ3n) is 5.49. The lowest BCUT2D eigenvalue weighted by Gasteiger charge is -2.26. The van der Waals surface area contributed by atoms with Crippen LogP contribution in [0, 0.1) is 0 Å². The van der Waals surface area contributed by atoms with Gasteiger partial charge in [-0.25, -0.2) is 8.42 Å². The fourth-order valence-corrected chi connectivity index (χ4v) is 5.34. The molecule has 0 unspecified atom stereocenters. The molecule has 0 bridgehead atoms. The van der Waals surface area contributed by atoms with Crippen LogP contribution in [0.3, 0.4) is 0 Å². The van der Waals surface area contributed by atoms with Crippen molar-refractivity contribution in [3.8, 4) is 16.9 Å². The molecule has 178 valence electrons. The van der Waals surface area contributed by atoms with Crippen LogP contribution in [-0.2, 0) is 19.6 Å². The molecule has 9 heteroatoms. The maximum Gasteiger partial charge on any atom is 0.246 e. The number of carbonyl (C=O) groups excluding carboxylic acids is 1. The number of carbonyl (C=O) groups is 1. The fourth-order valence-electron chi connectivity index (χ4n) is 3.75. The minimum Gasteiger partial charge on any atom is -0.495 e. The van der Waals surface area contributed by atoms with Crippen molar-refractivity contribution in [3.05, 3.63) is 72.8 Å². The number of nitrogens with one attached hydrogen (secondary N) is 2. The zero-order chi connectivity index (χ0) is 24.0. The number of nitrogens with zero attached hydrogens (tertiary/aromatic N) is 1. The van der Waals surface area contributed by atoms with Crippen molar-refractivity contribution < 1.29 is 22.7 Å². The number of sulfonamides is 1. The van der Waals surface area contributed by atoms with Gasteiger partial charge in [0, 0.05) is 30.0 Å². The molecule has 0 saturated carbocycles. The maximum absolute atomic E-state index is 13.2. The predicted molar refractivity (Wildman–Crippen MR) is 132 cm³/mol. The van der Waals surface area contributed by atoms with Crippen molar-refractivity contribution in [1.29, 1.82) is 0 Å². The summed E-state index contributed by atoms with van der Waals surface area (Å²) >= 11 is 0. The van der Waals surface area contributed by atoms with Gasteiger partial charge in [-0.1, -0.05) is 48.5 Å². The molecule has 1 saturated heterocycles. The summed E-state index contributed by atoms with van der Waals surface area (Å²) in [5.74, 6) is -0.00457. The number of amides is 1. The average Bonchev–Trinajstić information content (AvgIpc) is 2.88. The van der Waals surface area contributed by atoms with Gasteiger partial charge in [-0.3, -0.25) is 4.79 Å². The number of rotatable bonds is 8. The highest BCUT2D eigenvalue weighted by molar-refractivity contribution is 7.89. The molecule has 2 N–H and O–H groups in total. The lowest BCUT2D eigenvalue weighted by Crippen LogP contribution is -2.40. The zero-order valence-electron chi connectivity index (χ0n) is 18.9. The molecule has 0 spiro atoms. The molecule has 0 radical (unpaired) electrons. The first-order chi connectivity index (χ1) is 16.5. The first-order valence-corrected chi connectivity index (χ1v) is 12.4. The maximum atomic E-state index is 13.2. The van der Waals surface area contributed by atoms with E-state index in [2.05, 4.69) is 10.6 Å². The van der Waals surface area contributed by atoms with Crippen LogP contribution in [0.15, 0.2) is 77.7 Å². The van der Waals surface area contributed by atoms with Crippen LogP contribution in [0.4, 0.5) is 11.4 Å². The van der Waals surface area contributed by atoms with Crippen molar-refractivity contribution in [2.45, 2.75) is 4.90 Å². The first kappa shape index (κ1) is 23.7. The van der Waals surface area contributed by atoms with Gasteiger partial charge < -0.3 is 20.1 Å². The molecule has 1 aliphatic heterocycles. The zero-order valence-corrected chi connectivity index (χ0v) is 19.7. The second-order valence-corrected chi connectivity index (χ2v) is 9.60. The van der Waals surface area contributed by atoms with Crippen molar-refractivity contribution in [3.63, 3.8) is 0 Å². The first-order valence-electron chi connectivity index (χ1n) is 10.9. The number of anilines is 2. The molecule has 3 aromatic carbocycles. The van der Waals surface area contributed by atoms with Gasteiger partial charge in [0.15, 0.2) is 0 Å². The number of benzene rings is 3. The molecule has 8 nitrogen and oxygen atoms in total. The molecule has 1 fully saturated rings. The molecular weight excluding hydrogens is 454 g/mol. The number of para-hydroxylation sites is 1. The Balaban J connectivity index is 1.47. The summed E-state index contributed by atoms with van der Waals surface area (Å²) in [4.78, 5) is 12.7. The Morgan fingerprint density at radius 1 is 1.00 bits per heavy atom. The summed E-state index contributed by atoms with van der Waals surface area (Å²) in [6.45, 7) is 1.24. The van der Waals surface area contributed by atoms with Crippen LogP contribution in [0.5, 0.6) is 5.75 Å². The van der Waals surface area contributed by atoms with Gasteiger partial charge in [0.1, 0.15) is 10.6 Å². The quantitative estimate of drug-likeness (QED) is 0.512. The number of ether oxygens (including phenoxy) is 2. The van der Waals surface area contributed by atoms with Crippen molar-refractivity contribution in [2.75, 3.05) is 50.6 Å². The summed E-state index contributed by atoms with van der Waals surface area (Å²) in [5.41, 5.74) is 3.12. The summed E-state index contributed by atoms with van der Waals surface area (Å²) < 4.78 is 38.2. The van der Waals surface area contributed by atoms with E-state index in [-0.39, 0.29) is 36.2 Å². The van der Waals surface area contributed by atoms with Gasteiger partial charge in [0.2, 0.25) is 15.9 Å². The van der Waals surface area contributed by atoms with E-state index in [0.717, 1.165) is 11.1 Å². The summed E-state index contributed by atoms with van der Waals surface area (Å²) in [6.07, 6.45) is 0. The molecule has 3 aromatic rings. The van der Waals surface area contributed by atoms with Crippen LogP contribution in [0.1, 0.15) is 0 Å². The van der Waals surface area contributed by atoms with Crippen LogP contribution in [-0.4, -0.2) is 58.6 Å². The second kappa shape index (κ2) is 10.7. The molecule has 1 aliphatic rings. The van der Waals surface area contributed by atoms with Gasteiger partial charge in [0.25, 0.3) is 0 Å². The molecule has 0 aromatic heterocycles. The second-order valence-electron chi connectivity index (χ2n) is 7.70. The predicted octanol–water partition coefficient (Wildman–Crippen LogP) is 3.43. The summed E-state index contributed by atoms with van der Waals surface area (Å²) in [7, 11) is -2.33. The molecule has 0 atom stereocenters. The minimum atomic E-state index is -3.76. The molecular formula is C25H27N3O5S. The van der Waals surface area contributed by atoms with E-state index in [1.807, 2.05) is 54.6 Å². The highest BCUT2D eigenvalue weighted by Crippen LogP contribution is 2.30. The minimum absolute atomic E-state index is 0.0352.